The van der Waals surface area contributed by atoms with Gasteiger partial charge in [0.15, 0.2) is 6.10 Å². The summed E-state index contributed by atoms with van der Waals surface area (Å²) in [5, 5.41) is 2.95. The van der Waals surface area contributed by atoms with Gasteiger partial charge in [-0.15, -0.1) is 0 Å². The molecule has 140 valence electrons. The van der Waals surface area contributed by atoms with Crippen LogP contribution in [0.5, 0.6) is 17.2 Å². The van der Waals surface area contributed by atoms with Crippen molar-refractivity contribution >= 4 is 5.91 Å². The average molecular weight is 357 g/mol. The van der Waals surface area contributed by atoms with Crippen LogP contribution in [0.3, 0.4) is 0 Å². The molecule has 0 saturated heterocycles. The smallest absolute Gasteiger partial charge is 0.261 e. The van der Waals surface area contributed by atoms with Gasteiger partial charge < -0.3 is 19.5 Å². The molecule has 26 heavy (non-hydrogen) atoms. The van der Waals surface area contributed by atoms with Crippen LogP contribution in [0.4, 0.5) is 0 Å². The van der Waals surface area contributed by atoms with Crippen LogP contribution in [0.15, 0.2) is 48.5 Å². The highest BCUT2D eigenvalue weighted by Crippen LogP contribution is 2.20. The maximum Gasteiger partial charge on any atom is 0.261 e. The van der Waals surface area contributed by atoms with Gasteiger partial charge in [0.05, 0.1) is 14.2 Å². The van der Waals surface area contributed by atoms with Gasteiger partial charge in [-0.25, -0.2) is 0 Å². The van der Waals surface area contributed by atoms with Crippen LogP contribution >= 0.6 is 0 Å². The number of amides is 1. The number of rotatable bonds is 10. The number of carbonyl (C=O) groups excluding carboxylic acids is 1. The summed E-state index contributed by atoms with van der Waals surface area (Å²) in [5.74, 6) is 2.09. The summed E-state index contributed by atoms with van der Waals surface area (Å²) in [6.07, 6.45) is 1.82. The highest BCUT2D eigenvalue weighted by molar-refractivity contribution is 5.81. The van der Waals surface area contributed by atoms with E-state index in [4.69, 9.17) is 14.2 Å². The Balaban J connectivity index is 1.79. The fourth-order valence-corrected chi connectivity index (χ4v) is 2.61. The van der Waals surface area contributed by atoms with Crippen molar-refractivity contribution in [3.8, 4) is 17.2 Å². The third-order valence-corrected chi connectivity index (χ3v) is 4.06. The molecule has 5 heteroatoms. The first-order chi connectivity index (χ1) is 12.7. The van der Waals surface area contributed by atoms with Crippen molar-refractivity contribution in [3.05, 3.63) is 54.1 Å². The number of hydrogen-bond donors (Lipinski definition) is 1. The second-order valence-corrected chi connectivity index (χ2v) is 5.94. The molecular formula is C21H27NO4. The Labute approximate surface area is 155 Å². The molecule has 0 aliphatic heterocycles. The van der Waals surface area contributed by atoms with Crippen LogP contribution in [-0.4, -0.2) is 32.8 Å². The van der Waals surface area contributed by atoms with E-state index in [9.17, 15) is 4.79 Å². The number of hydrogen-bond acceptors (Lipinski definition) is 4. The van der Waals surface area contributed by atoms with Gasteiger partial charge in [0.2, 0.25) is 0 Å². The zero-order valence-electron chi connectivity index (χ0n) is 15.7. The van der Waals surface area contributed by atoms with Crippen LogP contribution < -0.4 is 19.5 Å². The van der Waals surface area contributed by atoms with E-state index in [2.05, 4.69) is 11.4 Å². The Bertz CT molecular complexity index is 702. The molecule has 0 aliphatic rings. The first-order valence-electron chi connectivity index (χ1n) is 8.87. The zero-order chi connectivity index (χ0) is 18.8. The molecule has 0 aromatic heterocycles. The largest absolute Gasteiger partial charge is 0.497 e. The standard InChI is InChI=1S/C21H27NO4/c1-4-20(26-19-12-6-11-18(15-19)25-3)21(23)22-13-7-9-16-8-5-10-17(14-16)24-2/h5-6,8,10-12,14-15,20H,4,7,9,13H2,1-3H3,(H,22,23)/t20-/m1/s1. The molecule has 0 aliphatic carbocycles. The Morgan fingerprint density at radius 1 is 1.00 bits per heavy atom. The van der Waals surface area contributed by atoms with Crippen LogP contribution in [0.25, 0.3) is 0 Å². The van der Waals surface area contributed by atoms with Crippen molar-refractivity contribution in [2.75, 3.05) is 20.8 Å². The predicted molar refractivity (Wildman–Crippen MR) is 102 cm³/mol. The molecule has 1 amide bonds. The van der Waals surface area contributed by atoms with Gasteiger partial charge in [0.25, 0.3) is 5.91 Å². The molecule has 1 atom stereocenters. The van der Waals surface area contributed by atoms with Gasteiger partial charge in [-0.2, -0.15) is 0 Å². The number of aryl methyl sites for hydroxylation is 1. The van der Waals surface area contributed by atoms with Crippen molar-refractivity contribution in [3.63, 3.8) is 0 Å². The van der Waals surface area contributed by atoms with E-state index >= 15 is 0 Å². The minimum Gasteiger partial charge on any atom is -0.497 e. The van der Waals surface area contributed by atoms with Crippen molar-refractivity contribution in [2.24, 2.45) is 0 Å². The molecule has 0 bridgehead atoms. The highest BCUT2D eigenvalue weighted by Gasteiger charge is 2.18. The van der Waals surface area contributed by atoms with E-state index in [1.54, 1.807) is 20.3 Å². The Morgan fingerprint density at radius 3 is 2.35 bits per heavy atom. The molecule has 0 saturated carbocycles. The summed E-state index contributed by atoms with van der Waals surface area (Å²) in [4.78, 5) is 12.4. The van der Waals surface area contributed by atoms with E-state index in [0.717, 1.165) is 18.6 Å². The van der Waals surface area contributed by atoms with Crippen molar-refractivity contribution < 1.29 is 19.0 Å². The lowest BCUT2D eigenvalue weighted by Gasteiger charge is -2.17. The second-order valence-electron chi connectivity index (χ2n) is 5.94. The third kappa shape index (κ3) is 5.99. The Kier molecular flexibility index (Phi) is 7.80. The molecule has 2 aromatic rings. The first-order valence-corrected chi connectivity index (χ1v) is 8.87. The quantitative estimate of drug-likeness (QED) is 0.660. The van der Waals surface area contributed by atoms with E-state index in [1.165, 1.54) is 5.56 Å². The van der Waals surface area contributed by atoms with Gasteiger partial charge in [-0.05, 0) is 49.1 Å². The number of methoxy groups -OCH3 is 2. The average Bonchev–Trinajstić information content (AvgIpc) is 2.69. The van der Waals surface area contributed by atoms with Crippen LogP contribution in [0.2, 0.25) is 0 Å². The Hall–Kier alpha value is -2.69. The fraction of sp³-hybridized carbons (Fsp3) is 0.381. The number of ether oxygens (including phenoxy) is 3. The van der Waals surface area contributed by atoms with Crippen LogP contribution in [-0.2, 0) is 11.2 Å². The lowest BCUT2D eigenvalue weighted by atomic mass is 10.1. The summed E-state index contributed by atoms with van der Waals surface area (Å²) in [6.45, 7) is 2.54. The summed E-state index contributed by atoms with van der Waals surface area (Å²) in [7, 11) is 3.26. The van der Waals surface area contributed by atoms with Gasteiger partial charge in [-0.1, -0.05) is 25.1 Å². The van der Waals surface area contributed by atoms with E-state index < -0.39 is 6.10 Å². The molecule has 5 nitrogen and oxygen atoms in total. The summed E-state index contributed by atoms with van der Waals surface area (Å²) in [6, 6.07) is 15.3. The molecule has 0 unspecified atom stereocenters. The summed E-state index contributed by atoms with van der Waals surface area (Å²) in [5.41, 5.74) is 1.19. The highest BCUT2D eigenvalue weighted by atomic mass is 16.5. The number of nitrogens with one attached hydrogen (secondary N) is 1. The second kappa shape index (κ2) is 10.3. The van der Waals surface area contributed by atoms with Gasteiger partial charge >= 0.3 is 0 Å². The van der Waals surface area contributed by atoms with Crippen molar-refractivity contribution in [1.29, 1.82) is 0 Å². The number of carbonyl (C=O) groups is 1. The van der Waals surface area contributed by atoms with Gasteiger partial charge in [0.1, 0.15) is 17.2 Å². The monoisotopic (exact) mass is 357 g/mol. The molecule has 0 spiro atoms. The first kappa shape index (κ1) is 19.6. The molecule has 2 aromatic carbocycles. The summed E-state index contributed by atoms with van der Waals surface area (Å²) < 4.78 is 16.2. The van der Waals surface area contributed by atoms with Gasteiger partial charge in [-0.3, -0.25) is 4.79 Å². The molecule has 2 rings (SSSR count). The van der Waals surface area contributed by atoms with E-state index in [0.29, 0.717) is 24.5 Å². The molecule has 0 fully saturated rings. The lowest BCUT2D eigenvalue weighted by molar-refractivity contribution is -0.128. The van der Waals surface area contributed by atoms with E-state index in [-0.39, 0.29) is 5.91 Å². The maximum absolute atomic E-state index is 12.4. The Morgan fingerprint density at radius 2 is 1.65 bits per heavy atom. The summed E-state index contributed by atoms with van der Waals surface area (Å²) >= 11 is 0. The fourth-order valence-electron chi connectivity index (χ4n) is 2.61. The van der Waals surface area contributed by atoms with Crippen molar-refractivity contribution in [2.45, 2.75) is 32.3 Å². The minimum absolute atomic E-state index is 0.0963. The number of benzene rings is 2. The van der Waals surface area contributed by atoms with Crippen LogP contribution in [0, 0.1) is 0 Å². The molecule has 1 N–H and O–H groups in total. The molecule has 0 radical (unpaired) electrons. The minimum atomic E-state index is -0.515. The maximum atomic E-state index is 12.4. The zero-order valence-corrected chi connectivity index (χ0v) is 15.7. The predicted octanol–water partition coefficient (Wildman–Crippen LogP) is 3.61. The van der Waals surface area contributed by atoms with E-state index in [1.807, 2.05) is 43.3 Å². The molecular weight excluding hydrogens is 330 g/mol. The normalized spacial score (nSPS) is 11.5. The van der Waals surface area contributed by atoms with Crippen molar-refractivity contribution in [1.82, 2.24) is 5.32 Å². The van der Waals surface area contributed by atoms with Crippen LogP contribution in [0.1, 0.15) is 25.3 Å². The lowest BCUT2D eigenvalue weighted by Crippen LogP contribution is -2.38. The molecule has 0 heterocycles. The topological polar surface area (TPSA) is 56.8 Å². The third-order valence-electron chi connectivity index (χ3n) is 4.06. The SMILES string of the molecule is CC[C@@H](Oc1cccc(OC)c1)C(=O)NCCCc1cccc(OC)c1. The van der Waals surface area contributed by atoms with Gasteiger partial charge in [0, 0.05) is 12.6 Å².